The highest BCUT2D eigenvalue weighted by molar-refractivity contribution is 5.91. The predicted molar refractivity (Wildman–Crippen MR) is 91.0 cm³/mol. The van der Waals surface area contributed by atoms with E-state index in [0.717, 1.165) is 36.0 Å². The first-order valence-corrected chi connectivity index (χ1v) is 7.85. The number of nitrogen functional groups attached to an aromatic ring is 2. The molecule has 0 unspecified atom stereocenters. The lowest BCUT2D eigenvalue weighted by atomic mass is 10.2. The Kier molecular flexibility index (Phi) is 3.90. The summed E-state index contributed by atoms with van der Waals surface area (Å²) in [5, 5.41) is 0. The van der Waals surface area contributed by atoms with E-state index in [-0.39, 0.29) is 5.69 Å². The van der Waals surface area contributed by atoms with Gasteiger partial charge in [0.2, 0.25) is 0 Å². The molecule has 0 fully saturated rings. The summed E-state index contributed by atoms with van der Waals surface area (Å²) in [5.74, 6) is -0.0249. The number of halogens is 1. The highest BCUT2D eigenvalue weighted by Gasteiger charge is 2.25. The molecule has 2 aromatic heterocycles. The Hall–Kier alpha value is -2.63. The number of fused-ring (bicyclic) bond motifs is 3. The molecular weight excluding hydrogens is 293 g/mol. The second-order valence-corrected chi connectivity index (χ2v) is 5.28. The van der Waals surface area contributed by atoms with Gasteiger partial charge in [0.25, 0.3) is 0 Å². The van der Waals surface area contributed by atoms with Gasteiger partial charge < -0.3 is 16.0 Å². The van der Waals surface area contributed by atoms with Crippen molar-refractivity contribution < 1.29 is 4.39 Å². The smallest absolute Gasteiger partial charge is 0.151 e. The molecule has 4 rings (SSSR count). The van der Waals surface area contributed by atoms with E-state index in [1.165, 1.54) is 18.0 Å². The molecule has 0 saturated heterocycles. The fourth-order valence-corrected chi connectivity index (χ4v) is 3.14. The summed E-state index contributed by atoms with van der Waals surface area (Å²) in [5.41, 5.74) is 16.4. The van der Waals surface area contributed by atoms with Crippen LogP contribution in [0.3, 0.4) is 0 Å². The van der Waals surface area contributed by atoms with Crippen LogP contribution in [0.1, 0.15) is 31.5 Å². The number of aryl methyl sites for hydroxylation is 1. The first kappa shape index (κ1) is 15.3. The lowest BCUT2D eigenvalue weighted by Gasteiger charge is -2.11. The molecule has 2 heterocycles. The van der Waals surface area contributed by atoms with Gasteiger partial charge in [-0.1, -0.05) is 13.8 Å². The first-order valence-electron chi connectivity index (χ1n) is 7.85. The minimum Gasteiger partial charge on any atom is -0.396 e. The number of hydrogen-bond acceptors (Lipinski definition) is 4. The van der Waals surface area contributed by atoms with E-state index >= 15 is 0 Å². The molecule has 5 nitrogen and oxygen atoms in total. The summed E-state index contributed by atoms with van der Waals surface area (Å²) in [6.07, 6.45) is 4.44. The Morgan fingerprint density at radius 1 is 1.13 bits per heavy atom. The highest BCUT2D eigenvalue weighted by Crippen LogP contribution is 2.36. The maximum atomic E-state index is 13.8. The van der Waals surface area contributed by atoms with Gasteiger partial charge in [-0.3, -0.25) is 0 Å². The van der Waals surface area contributed by atoms with Crippen LogP contribution < -0.4 is 11.5 Å². The molecule has 3 aromatic rings. The van der Waals surface area contributed by atoms with Crippen LogP contribution in [0, 0.1) is 5.82 Å². The largest absolute Gasteiger partial charge is 0.396 e. The summed E-state index contributed by atoms with van der Waals surface area (Å²) in [7, 11) is 0. The lowest BCUT2D eigenvalue weighted by Crippen LogP contribution is -2.03. The van der Waals surface area contributed by atoms with Crippen molar-refractivity contribution in [1.82, 2.24) is 14.5 Å². The van der Waals surface area contributed by atoms with Crippen LogP contribution in [0.15, 0.2) is 24.5 Å². The Balaban J connectivity index is 0.000000753. The van der Waals surface area contributed by atoms with Crippen LogP contribution in [0.2, 0.25) is 0 Å². The SMILES string of the molecule is CC.Nc1ccc(-n2c3c(c4ncnc(N)c42)CCC3)cc1F. The summed E-state index contributed by atoms with van der Waals surface area (Å²) < 4.78 is 15.8. The third kappa shape index (κ3) is 2.30. The zero-order valence-electron chi connectivity index (χ0n) is 13.3. The predicted octanol–water partition coefficient (Wildman–Crippen LogP) is 3.24. The molecule has 0 radical (unpaired) electrons. The Bertz CT molecular complexity index is 869. The van der Waals surface area contributed by atoms with E-state index in [2.05, 4.69) is 9.97 Å². The third-order valence-electron chi connectivity index (χ3n) is 4.06. The number of aromatic nitrogens is 3. The van der Waals surface area contributed by atoms with Crippen molar-refractivity contribution in [2.75, 3.05) is 11.5 Å². The normalized spacial score (nSPS) is 12.8. The Labute approximate surface area is 134 Å². The molecule has 1 aliphatic carbocycles. The van der Waals surface area contributed by atoms with Crippen molar-refractivity contribution in [3.05, 3.63) is 41.6 Å². The second kappa shape index (κ2) is 5.87. The van der Waals surface area contributed by atoms with Crippen LogP contribution >= 0.6 is 0 Å². The first-order chi connectivity index (χ1) is 11.2. The van der Waals surface area contributed by atoms with Crippen LogP contribution in [0.25, 0.3) is 16.7 Å². The zero-order valence-corrected chi connectivity index (χ0v) is 13.3. The van der Waals surface area contributed by atoms with Crippen molar-refractivity contribution in [1.29, 1.82) is 0 Å². The molecule has 1 aromatic carbocycles. The van der Waals surface area contributed by atoms with Gasteiger partial charge in [-0.2, -0.15) is 0 Å². The van der Waals surface area contributed by atoms with Gasteiger partial charge in [-0.15, -0.1) is 0 Å². The number of benzene rings is 1. The molecule has 0 atom stereocenters. The van der Waals surface area contributed by atoms with Gasteiger partial charge in [0.05, 0.1) is 11.2 Å². The van der Waals surface area contributed by atoms with E-state index in [9.17, 15) is 4.39 Å². The maximum Gasteiger partial charge on any atom is 0.151 e. The Morgan fingerprint density at radius 2 is 1.91 bits per heavy atom. The number of rotatable bonds is 1. The molecule has 4 N–H and O–H groups in total. The van der Waals surface area contributed by atoms with Crippen molar-refractivity contribution in [2.45, 2.75) is 33.1 Å². The molecule has 23 heavy (non-hydrogen) atoms. The average molecular weight is 313 g/mol. The van der Waals surface area contributed by atoms with Crippen LogP contribution in [0.5, 0.6) is 0 Å². The summed E-state index contributed by atoms with van der Waals surface area (Å²) in [4.78, 5) is 8.44. The van der Waals surface area contributed by atoms with E-state index in [4.69, 9.17) is 11.5 Å². The van der Waals surface area contributed by atoms with Crippen LogP contribution in [-0.4, -0.2) is 14.5 Å². The van der Waals surface area contributed by atoms with Gasteiger partial charge >= 0.3 is 0 Å². The summed E-state index contributed by atoms with van der Waals surface area (Å²) in [6, 6.07) is 4.79. The molecule has 6 heteroatoms. The van der Waals surface area contributed by atoms with Crippen molar-refractivity contribution >= 4 is 22.5 Å². The van der Waals surface area contributed by atoms with Crippen LogP contribution in [0.4, 0.5) is 15.9 Å². The van der Waals surface area contributed by atoms with Gasteiger partial charge in [-0.25, -0.2) is 14.4 Å². The number of nitrogens with two attached hydrogens (primary N) is 2. The third-order valence-corrected chi connectivity index (χ3v) is 4.06. The van der Waals surface area contributed by atoms with Crippen molar-refractivity contribution in [3.8, 4) is 5.69 Å². The van der Waals surface area contributed by atoms with E-state index in [1.807, 2.05) is 18.4 Å². The minimum absolute atomic E-state index is 0.135. The summed E-state index contributed by atoms with van der Waals surface area (Å²) >= 11 is 0. The van der Waals surface area contributed by atoms with Crippen molar-refractivity contribution in [2.24, 2.45) is 0 Å². The molecular formula is C17H20FN5. The molecule has 0 bridgehead atoms. The van der Waals surface area contributed by atoms with E-state index < -0.39 is 5.82 Å². The maximum absolute atomic E-state index is 13.8. The fourth-order valence-electron chi connectivity index (χ4n) is 3.14. The van der Waals surface area contributed by atoms with Gasteiger partial charge in [-0.05, 0) is 37.0 Å². The second-order valence-electron chi connectivity index (χ2n) is 5.28. The summed E-state index contributed by atoms with van der Waals surface area (Å²) in [6.45, 7) is 4.00. The number of anilines is 2. The topological polar surface area (TPSA) is 82.8 Å². The van der Waals surface area contributed by atoms with Crippen molar-refractivity contribution in [3.63, 3.8) is 0 Å². The van der Waals surface area contributed by atoms with E-state index in [0.29, 0.717) is 11.5 Å². The standard InChI is InChI=1S/C15H14FN5.C2H6/c16-10-6-8(4-5-11(10)17)21-12-3-1-2-9(12)13-14(21)15(18)20-7-19-13;1-2/h4-7H,1-3,17H2,(H2,18,19,20);1-2H3. The Morgan fingerprint density at radius 3 is 2.65 bits per heavy atom. The van der Waals surface area contributed by atoms with Crippen LogP contribution in [-0.2, 0) is 12.8 Å². The highest BCUT2D eigenvalue weighted by atomic mass is 19.1. The molecule has 1 aliphatic rings. The number of hydrogen-bond donors (Lipinski definition) is 2. The lowest BCUT2D eigenvalue weighted by molar-refractivity contribution is 0.631. The molecule has 0 saturated carbocycles. The quantitative estimate of drug-likeness (QED) is 0.676. The fraction of sp³-hybridized carbons (Fsp3) is 0.294. The van der Waals surface area contributed by atoms with Gasteiger partial charge in [0.1, 0.15) is 17.7 Å². The molecule has 0 spiro atoms. The average Bonchev–Trinajstić information content (AvgIpc) is 3.14. The van der Waals surface area contributed by atoms with E-state index in [1.54, 1.807) is 12.1 Å². The molecule has 0 aliphatic heterocycles. The molecule has 120 valence electrons. The van der Waals surface area contributed by atoms with Gasteiger partial charge in [0, 0.05) is 17.4 Å². The monoisotopic (exact) mass is 313 g/mol. The number of nitrogens with zero attached hydrogens (tertiary/aromatic N) is 3. The zero-order chi connectivity index (χ0) is 16.6. The minimum atomic E-state index is -0.434. The molecule has 0 amide bonds. The van der Waals surface area contributed by atoms with Gasteiger partial charge in [0.15, 0.2) is 5.82 Å².